The zero-order valence-electron chi connectivity index (χ0n) is 9.85. The Morgan fingerprint density at radius 1 is 0.882 bits per heavy atom. The van der Waals surface area contributed by atoms with Crippen molar-refractivity contribution in [2.45, 2.75) is 6.92 Å². The number of hydrogen-bond acceptors (Lipinski definition) is 1. The highest BCUT2D eigenvalue weighted by Crippen LogP contribution is 2.18. The van der Waals surface area contributed by atoms with Gasteiger partial charge in [-0.25, -0.2) is 0 Å². The second-order valence-electron chi connectivity index (χ2n) is 3.97. The monoisotopic (exact) mass is 221 g/mol. The molecule has 1 nitrogen and oxygen atoms in total. The lowest BCUT2D eigenvalue weighted by Crippen LogP contribution is -1.86. The summed E-state index contributed by atoms with van der Waals surface area (Å²) in [4.78, 5) is 0. The Morgan fingerprint density at radius 3 is 2.12 bits per heavy atom. The van der Waals surface area contributed by atoms with Crippen molar-refractivity contribution < 1.29 is 0 Å². The first kappa shape index (κ1) is 11.3. The Morgan fingerprint density at radius 2 is 1.47 bits per heavy atom. The van der Waals surface area contributed by atoms with Gasteiger partial charge in [0.2, 0.25) is 0 Å². The van der Waals surface area contributed by atoms with E-state index in [1.165, 1.54) is 17.4 Å². The van der Waals surface area contributed by atoms with Gasteiger partial charge >= 0.3 is 0 Å². The zero-order chi connectivity index (χ0) is 12.1. The molecule has 2 aromatic carbocycles. The number of rotatable bonds is 3. The molecule has 0 spiro atoms. The summed E-state index contributed by atoms with van der Waals surface area (Å²) in [5.41, 5.74) is 4.46. The number of hydrogen-bond donors (Lipinski definition) is 1. The summed E-state index contributed by atoms with van der Waals surface area (Å²) in [5.74, 6) is 0. The van der Waals surface area contributed by atoms with Gasteiger partial charge < -0.3 is 5.41 Å². The van der Waals surface area contributed by atoms with Crippen molar-refractivity contribution in [3.05, 3.63) is 71.3 Å². The average molecular weight is 221 g/mol. The first-order chi connectivity index (χ1) is 8.31. The van der Waals surface area contributed by atoms with E-state index in [1.54, 1.807) is 0 Å². The van der Waals surface area contributed by atoms with Crippen LogP contribution in [-0.2, 0) is 0 Å². The molecule has 0 fully saturated rings. The predicted octanol–water partition coefficient (Wildman–Crippen LogP) is 4.24. The maximum atomic E-state index is 7.38. The molecule has 84 valence electrons. The van der Waals surface area contributed by atoms with E-state index in [-0.39, 0.29) is 0 Å². The minimum absolute atomic E-state index is 0.947. The van der Waals surface area contributed by atoms with Gasteiger partial charge in [0.05, 0.1) is 0 Å². The molecular weight excluding hydrogens is 206 g/mol. The van der Waals surface area contributed by atoms with Crippen LogP contribution in [0.4, 0.5) is 0 Å². The maximum absolute atomic E-state index is 7.38. The minimum Gasteiger partial charge on any atom is -0.308 e. The van der Waals surface area contributed by atoms with Gasteiger partial charge in [0.15, 0.2) is 0 Å². The van der Waals surface area contributed by atoms with E-state index in [0.29, 0.717) is 0 Å². The molecule has 0 aromatic heterocycles. The van der Waals surface area contributed by atoms with Gasteiger partial charge in [0.1, 0.15) is 0 Å². The highest BCUT2D eigenvalue weighted by Gasteiger charge is 1.98. The van der Waals surface area contributed by atoms with Crippen LogP contribution in [0, 0.1) is 5.41 Å². The topological polar surface area (TPSA) is 23.9 Å². The Kier molecular flexibility index (Phi) is 3.51. The van der Waals surface area contributed by atoms with Gasteiger partial charge in [-0.2, -0.15) is 0 Å². The largest absolute Gasteiger partial charge is 0.308 e. The fraction of sp³-hybridized carbons (Fsp3) is 0.0625. The van der Waals surface area contributed by atoms with E-state index >= 15 is 0 Å². The number of benzene rings is 2. The molecule has 0 radical (unpaired) electrons. The van der Waals surface area contributed by atoms with Crippen LogP contribution in [0.5, 0.6) is 0 Å². The van der Waals surface area contributed by atoms with Gasteiger partial charge in [0, 0.05) is 6.21 Å². The lowest BCUT2D eigenvalue weighted by Gasteiger charge is -2.04. The van der Waals surface area contributed by atoms with E-state index in [1.807, 2.05) is 42.5 Å². The van der Waals surface area contributed by atoms with E-state index in [9.17, 15) is 0 Å². The molecule has 0 bridgehead atoms. The number of nitrogens with one attached hydrogen (secondary N) is 1. The summed E-state index contributed by atoms with van der Waals surface area (Å²) in [6.45, 7) is 2.09. The lowest BCUT2D eigenvalue weighted by molar-refractivity contribution is 1.52. The van der Waals surface area contributed by atoms with Crippen LogP contribution in [-0.4, -0.2) is 6.21 Å². The molecule has 2 rings (SSSR count). The Hall–Kier alpha value is -2.15. The van der Waals surface area contributed by atoms with Crippen molar-refractivity contribution >= 4 is 17.9 Å². The molecule has 0 saturated carbocycles. The van der Waals surface area contributed by atoms with Crippen LogP contribution < -0.4 is 0 Å². The lowest BCUT2D eigenvalue weighted by atomic mass is 10.0. The Bertz CT molecular complexity index is 538. The fourth-order valence-corrected chi connectivity index (χ4v) is 1.79. The third-order valence-corrected chi connectivity index (χ3v) is 2.75. The second-order valence-corrected chi connectivity index (χ2v) is 3.97. The van der Waals surface area contributed by atoms with E-state index in [2.05, 4.69) is 25.1 Å². The molecule has 0 heterocycles. The maximum Gasteiger partial charge on any atom is 0.0256 e. The molecule has 1 N–H and O–H groups in total. The molecule has 0 unspecified atom stereocenters. The SMILES string of the molecule is C/C(=C\c1ccccc1C=N)c1ccccc1. The molecule has 0 aliphatic carbocycles. The van der Waals surface area contributed by atoms with Crippen molar-refractivity contribution in [1.29, 1.82) is 5.41 Å². The molecular formula is C16H15N. The zero-order valence-corrected chi connectivity index (χ0v) is 9.85. The van der Waals surface area contributed by atoms with Crippen molar-refractivity contribution in [2.75, 3.05) is 0 Å². The van der Waals surface area contributed by atoms with Gasteiger partial charge in [-0.3, -0.25) is 0 Å². The Labute approximate surface area is 102 Å². The van der Waals surface area contributed by atoms with E-state index in [4.69, 9.17) is 5.41 Å². The van der Waals surface area contributed by atoms with Gasteiger partial charge in [0.25, 0.3) is 0 Å². The number of allylic oxidation sites excluding steroid dienone is 1. The third kappa shape index (κ3) is 2.70. The third-order valence-electron chi connectivity index (χ3n) is 2.75. The Balaban J connectivity index is 2.39. The predicted molar refractivity (Wildman–Crippen MR) is 74.3 cm³/mol. The average Bonchev–Trinajstić information content (AvgIpc) is 2.40. The first-order valence-electron chi connectivity index (χ1n) is 5.64. The van der Waals surface area contributed by atoms with Crippen LogP contribution in [0.3, 0.4) is 0 Å². The summed E-state index contributed by atoms with van der Waals surface area (Å²) in [6, 6.07) is 18.2. The summed E-state index contributed by atoms with van der Waals surface area (Å²) in [7, 11) is 0. The van der Waals surface area contributed by atoms with E-state index < -0.39 is 0 Å². The first-order valence-corrected chi connectivity index (χ1v) is 5.64. The molecule has 0 aliphatic rings. The highest BCUT2D eigenvalue weighted by atomic mass is 14.3. The summed E-state index contributed by atoms with van der Waals surface area (Å²) in [5, 5.41) is 7.38. The quantitative estimate of drug-likeness (QED) is 0.592. The van der Waals surface area contributed by atoms with Crippen molar-refractivity contribution in [3.8, 4) is 0 Å². The second kappa shape index (κ2) is 5.26. The molecule has 0 aliphatic heterocycles. The molecule has 17 heavy (non-hydrogen) atoms. The normalized spacial score (nSPS) is 11.2. The molecule has 1 heteroatoms. The smallest absolute Gasteiger partial charge is 0.0256 e. The molecule has 0 saturated heterocycles. The molecule has 2 aromatic rings. The molecule has 0 atom stereocenters. The van der Waals surface area contributed by atoms with Crippen LogP contribution in [0.15, 0.2) is 54.6 Å². The van der Waals surface area contributed by atoms with E-state index in [0.717, 1.165) is 11.1 Å². The summed E-state index contributed by atoms with van der Waals surface area (Å²) < 4.78 is 0. The van der Waals surface area contributed by atoms with Crippen LogP contribution in [0.25, 0.3) is 11.6 Å². The van der Waals surface area contributed by atoms with Crippen LogP contribution >= 0.6 is 0 Å². The standard InChI is InChI=1S/C16H15N/c1-13(14-7-3-2-4-8-14)11-15-9-5-6-10-16(15)12-17/h2-12,17H,1H3/b13-11+,17-12?. The van der Waals surface area contributed by atoms with Crippen molar-refractivity contribution in [2.24, 2.45) is 0 Å². The van der Waals surface area contributed by atoms with Crippen molar-refractivity contribution in [1.82, 2.24) is 0 Å². The van der Waals surface area contributed by atoms with Gasteiger partial charge in [-0.05, 0) is 29.2 Å². The summed E-state index contributed by atoms with van der Waals surface area (Å²) in [6.07, 6.45) is 3.51. The van der Waals surface area contributed by atoms with Gasteiger partial charge in [-0.1, -0.05) is 60.7 Å². The highest BCUT2D eigenvalue weighted by molar-refractivity contribution is 5.89. The van der Waals surface area contributed by atoms with Gasteiger partial charge in [-0.15, -0.1) is 0 Å². The minimum atomic E-state index is 0.947. The molecule has 0 amide bonds. The van der Waals surface area contributed by atoms with Crippen LogP contribution in [0.2, 0.25) is 0 Å². The fourth-order valence-electron chi connectivity index (χ4n) is 1.79. The summed E-state index contributed by atoms with van der Waals surface area (Å²) >= 11 is 0. The van der Waals surface area contributed by atoms with Crippen LogP contribution in [0.1, 0.15) is 23.6 Å². The van der Waals surface area contributed by atoms with Crippen molar-refractivity contribution in [3.63, 3.8) is 0 Å².